The van der Waals surface area contributed by atoms with Crippen LogP contribution < -0.4 is 16.6 Å². The zero-order chi connectivity index (χ0) is 25.3. The number of amides is 1. The average Bonchev–Trinajstić information content (AvgIpc) is 3.60. The maximum absolute atomic E-state index is 12.7. The molecule has 1 unspecified atom stereocenters. The van der Waals surface area contributed by atoms with Gasteiger partial charge in [0.15, 0.2) is 0 Å². The fourth-order valence-corrected chi connectivity index (χ4v) is 6.99. The molecule has 0 bridgehead atoms. The highest BCUT2D eigenvalue weighted by Crippen LogP contribution is 2.39. The number of nitrogens with one attached hydrogen (secondary N) is 2. The van der Waals surface area contributed by atoms with Gasteiger partial charge >= 0.3 is 6.09 Å². The molecule has 1 atom stereocenters. The van der Waals surface area contributed by atoms with Gasteiger partial charge in [-0.25, -0.2) is 18.2 Å². The predicted molar refractivity (Wildman–Crippen MR) is 138 cm³/mol. The van der Waals surface area contributed by atoms with Gasteiger partial charge in [-0.05, 0) is 56.7 Å². The van der Waals surface area contributed by atoms with Crippen molar-refractivity contribution in [1.29, 1.82) is 0 Å². The maximum atomic E-state index is 12.7. The van der Waals surface area contributed by atoms with Gasteiger partial charge in [-0.2, -0.15) is 4.40 Å². The Hall–Kier alpha value is -3.25. The second-order valence-electron chi connectivity index (χ2n) is 9.24. The number of anilines is 1. The summed E-state index contributed by atoms with van der Waals surface area (Å²) in [6, 6.07) is 3.06. The van der Waals surface area contributed by atoms with E-state index in [9.17, 15) is 18.0 Å². The van der Waals surface area contributed by atoms with Crippen molar-refractivity contribution < 1.29 is 17.9 Å². The zero-order valence-electron chi connectivity index (χ0n) is 19.4. The number of pyridine rings is 1. The van der Waals surface area contributed by atoms with E-state index in [0.717, 1.165) is 35.6 Å². The first-order valence-corrected chi connectivity index (χ1v) is 14.2. The summed E-state index contributed by atoms with van der Waals surface area (Å²) in [6.07, 6.45) is 12.4. The lowest BCUT2D eigenvalue weighted by Crippen LogP contribution is -2.26. The Labute approximate surface area is 212 Å². The number of hydrogen-bond acceptors (Lipinski definition) is 8. The highest BCUT2D eigenvalue weighted by atomic mass is 32.2. The van der Waals surface area contributed by atoms with Crippen molar-refractivity contribution in [3.8, 4) is 0 Å². The van der Waals surface area contributed by atoms with Crippen LogP contribution >= 0.6 is 11.3 Å². The molecule has 2 heterocycles. The van der Waals surface area contributed by atoms with Crippen LogP contribution in [0.15, 0.2) is 57.6 Å². The molecule has 0 aliphatic heterocycles. The molecule has 5 rings (SSSR count). The zero-order valence-corrected chi connectivity index (χ0v) is 21.1. The Bertz CT molecular complexity index is 1380. The van der Waals surface area contributed by atoms with Gasteiger partial charge in [0, 0.05) is 35.0 Å². The molecule has 4 N–H and O–H groups in total. The largest absolute Gasteiger partial charge is 0.446 e. The van der Waals surface area contributed by atoms with E-state index in [1.807, 2.05) is 12.2 Å². The minimum Gasteiger partial charge on any atom is -0.446 e. The number of thiazole rings is 1. The Kier molecular flexibility index (Phi) is 6.80. The van der Waals surface area contributed by atoms with Crippen molar-refractivity contribution in [3.05, 3.63) is 68.7 Å². The number of carbonyl (C=O) groups is 1. The van der Waals surface area contributed by atoms with E-state index in [2.05, 4.69) is 19.7 Å². The second kappa shape index (κ2) is 10.0. The lowest BCUT2D eigenvalue weighted by atomic mass is 9.88. The minimum atomic E-state index is -3.59. The Morgan fingerprint density at radius 2 is 1.97 bits per heavy atom. The molecule has 10 nitrogen and oxygen atoms in total. The van der Waals surface area contributed by atoms with Gasteiger partial charge in [0.05, 0.1) is 27.6 Å². The van der Waals surface area contributed by atoms with Crippen LogP contribution in [0, 0.1) is 0 Å². The smallest absolute Gasteiger partial charge is 0.404 e. The van der Waals surface area contributed by atoms with Crippen molar-refractivity contribution in [2.75, 3.05) is 5.32 Å². The van der Waals surface area contributed by atoms with Gasteiger partial charge in [0.1, 0.15) is 6.10 Å². The first-order chi connectivity index (χ1) is 17.3. The van der Waals surface area contributed by atoms with E-state index in [1.165, 1.54) is 6.07 Å². The third-order valence-corrected chi connectivity index (χ3v) is 9.52. The van der Waals surface area contributed by atoms with Gasteiger partial charge in [-0.15, -0.1) is 11.3 Å². The van der Waals surface area contributed by atoms with E-state index in [1.54, 1.807) is 35.9 Å². The molecule has 36 heavy (non-hydrogen) atoms. The van der Waals surface area contributed by atoms with Gasteiger partial charge in [0.25, 0.3) is 10.0 Å². The molecule has 2 aromatic heterocycles. The first kappa shape index (κ1) is 24.4. The lowest BCUT2D eigenvalue weighted by molar-refractivity contribution is 0.0787. The number of hydrogen-bond donors (Lipinski definition) is 3. The van der Waals surface area contributed by atoms with E-state index in [4.69, 9.17) is 10.5 Å². The van der Waals surface area contributed by atoms with Gasteiger partial charge in [0.2, 0.25) is 5.56 Å². The summed E-state index contributed by atoms with van der Waals surface area (Å²) >= 11 is 1.56. The van der Waals surface area contributed by atoms with Crippen LogP contribution in [0.1, 0.15) is 60.2 Å². The number of carbonyl (C=O) groups excluding carboxylic acids is 1. The van der Waals surface area contributed by atoms with Crippen molar-refractivity contribution in [1.82, 2.24) is 9.97 Å². The predicted octanol–water partition coefficient (Wildman–Crippen LogP) is 3.54. The quantitative estimate of drug-likeness (QED) is 0.495. The van der Waals surface area contributed by atoms with E-state index >= 15 is 0 Å². The normalized spacial score (nSPS) is 25.4. The first-order valence-electron chi connectivity index (χ1n) is 11.9. The molecule has 190 valence electrons. The van der Waals surface area contributed by atoms with Crippen LogP contribution in [0.2, 0.25) is 0 Å². The van der Waals surface area contributed by atoms with Crippen LogP contribution in [0.3, 0.4) is 0 Å². The highest BCUT2D eigenvalue weighted by molar-refractivity contribution is 7.91. The van der Waals surface area contributed by atoms with E-state index < -0.39 is 21.4 Å². The monoisotopic (exact) mass is 529 g/mol. The van der Waals surface area contributed by atoms with E-state index in [-0.39, 0.29) is 23.5 Å². The number of rotatable bonds is 7. The lowest BCUT2D eigenvalue weighted by Gasteiger charge is -2.26. The molecule has 3 aliphatic carbocycles. The summed E-state index contributed by atoms with van der Waals surface area (Å²) in [5.74, 6) is -0.0759. The Balaban J connectivity index is 1.36. The number of allylic oxidation sites excluding steroid dienone is 3. The van der Waals surface area contributed by atoms with Crippen molar-refractivity contribution in [2.24, 2.45) is 10.1 Å². The molecule has 2 saturated carbocycles. The maximum Gasteiger partial charge on any atom is 0.404 e. The molecule has 0 aromatic carbocycles. The molecule has 0 radical (unpaired) electrons. The third-order valence-electron chi connectivity index (χ3n) is 6.50. The third kappa shape index (κ3) is 5.76. The number of aromatic amines is 1. The summed E-state index contributed by atoms with van der Waals surface area (Å²) in [7, 11) is -3.59. The van der Waals surface area contributed by atoms with Gasteiger partial charge < -0.3 is 20.8 Å². The minimum absolute atomic E-state index is 0.149. The molecule has 0 spiro atoms. The standard InChI is InChI=1S/C24H27N5O5S2/c25-24(31)34-17-5-1-14(2-6-17)23-27-13-21(35-23)19-9-3-15(28-16-4-10-22(30)26-12-16)11-20(19)29-36(32,33)18-7-8-18/h3-4,9-14,17-19,28H,1-2,5-8H2,(H2,25,31)(H,26,30). The SMILES string of the molecule is NC(=O)OC1CCC(c2ncc(C3C=CC(Nc4ccc(=O)[nH]c4)=CC3=NS(=O)(=O)C3CC3)s2)CC1. The van der Waals surface area contributed by atoms with Crippen LogP contribution in [0.4, 0.5) is 10.5 Å². The molecular weight excluding hydrogens is 502 g/mol. The summed E-state index contributed by atoms with van der Waals surface area (Å²) < 4.78 is 34.8. The molecule has 2 aromatic rings. The van der Waals surface area contributed by atoms with Gasteiger partial charge in [-0.1, -0.05) is 6.08 Å². The number of primary amides is 1. The number of sulfonamides is 1. The van der Waals surface area contributed by atoms with Crippen molar-refractivity contribution in [3.63, 3.8) is 0 Å². The Morgan fingerprint density at radius 3 is 2.64 bits per heavy atom. The summed E-state index contributed by atoms with van der Waals surface area (Å²) in [4.78, 5) is 30.5. The van der Waals surface area contributed by atoms with Crippen LogP contribution in [-0.4, -0.2) is 41.5 Å². The highest BCUT2D eigenvalue weighted by Gasteiger charge is 2.37. The average molecular weight is 530 g/mol. The van der Waals surface area contributed by atoms with Gasteiger partial charge in [-0.3, -0.25) is 4.79 Å². The molecule has 0 saturated heterocycles. The number of aromatic nitrogens is 2. The molecule has 12 heteroatoms. The number of nitrogens with two attached hydrogens (primary N) is 1. The molecule has 2 fully saturated rings. The van der Waals surface area contributed by atoms with E-state index in [0.29, 0.717) is 29.9 Å². The number of ether oxygens (including phenoxy) is 1. The Morgan fingerprint density at radius 1 is 1.19 bits per heavy atom. The van der Waals surface area contributed by atoms with Crippen molar-refractivity contribution in [2.45, 2.75) is 61.7 Å². The topological polar surface area (TPSA) is 157 Å². The summed E-state index contributed by atoms with van der Waals surface area (Å²) in [5, 5.41) is 3.77. The number of nitrogens with zero attached hydrogens (tertiary/aromatic N) is 2. The van der Waals surface area contributed by atoms with Crippen molar-refractivity contribution >= 4 is 38.9 Å². The summed E-state index contributed by atoms with van der Waals surface area (Å²) in [6.45, 7) is 0. The molecular formula is C24H27N5O5S2. The number of H-pyrrole nitrogens is 1. The summed E-state index contributed by atoms with van der Waals surface area (Å²) in [5.41, 5.74) is 6.70. The van der Waals surface area contributed by atoms with Crippen LogP contribution in [-0.2, 0) is 14.8 Å². The fourth-order valence-electron chi connectivity index (χ4n) is 4.46. The second-order valence-corrected chi connectivity index (χ2v) is 12.2. The molecule has 3 aliphatic rings. The fraction of sp³-hybridized carbons (Fsp3) is 0.417. The van der Waals surface area contributed by atoms with Crippen LogP contribution in [0.25, 0.3) is 0 Å². The molecule has 1 amide bonds. The van der Waals surface area contributed by atoms with Crippen LogP contribution in [0.5, 0.6) is 0 Å².